The fourth-order valence-electron chi connectivity index (χ4n) is 13.2. The minimum Gasteiger partial charge on any atom is -0.394 e. The Bertz CT molecular complexity index is 2150. The molecule has 19 nitrogen and oxygen atoms in total. The average molecular weight is 1430 g/mol. The smallest absolute Gasteiger partial charge is 0.220 e. The minimum absolute atomic E-state index is 0.224. The van der Waals surface area contributed by atoms with E-state index in [2.05, 4.69) is 92.1 Å². The van der Waals surface area contributed by atoms with Crippen LogP contribution in [0.3, 0.4) is 0 Å². The zero-order valence-corrected chi connectivity index (χ0v) is 62.6. The number of carbonyl (C=O) groups excluding carboxylic acids is 1. The number of amides is 1. The SMILES string of the molecule is CC/C=C\C/C=C\C/C=C\C/C=C\C/C=C\CCCCCCCCCCCC(=O)NC(COC1OC(CO)C(OC2OC(CO)C(OC3OC(CO)C(O)C(O)C3O)C(O)C2O)C(O)C1O)C(O)/C=C/CC/C=C/CCCCCCCCCCCCCCCCCCCCCCCCCCC. The Morgan fingerprint density at radius 1 is 0.366 bits per heavy atom. The second-order valence-corrected chi connectivity index (χ2v) is 28.5. The van der Waals surface area contributed by atoms with E-state index in [-0.39, 0.29) is 18.9 Å². The van der Waals surface area contributed by atoms with E-state index >= 15 is 0 Å². The third-order valence-corrected chi connectivity index (χ3v) is 19.7. The van der Waals surface area contributed by atoms with E-state index in [9.17, 15) is 61.0 Å². The first-order chi connectivity index (χ1) is 49.3. The fraction of sp³-hybridized carbons (Fsp3) is 0.817. The van der Waals surface area contributed by atoms with Gasteiger partial charge in [0.2, 0.25) is 5.91 Å². The number of unbranched alkanes of at least 4 members (excludes halogenated alkanes) is 35. The van der Waals surface area contributed by atoms with Crippen molar-refractivity contribution in [2.75, 3.05) is 26.4 Å². The first-order valence-corrected chi connectivity index (χ1v) is 40.3. The molecular weight excluding hydrogens is 1290 g/mol. The van der Waals surface area contributed by atoms with E-state index in [1.165, 1.54) is 180 Å². The molecule has 0 radical (unpaired) electrons. The number of hydrogen-bond donors (Lipinski definition) is 12. The van der Waals surface area contributed by atoms with Gasteiger partial charge in [0.15, 0.2) is 18.9 Å². The van der Waals surface area contributed by atoms with Gasteiger partial charge < -0.3 is 89.9 Å². The van der Waals surface area contributed by atoms with Crippen LogP contribution < -0.4 is 5.32 Å². The molecule has 0 saturated carbocycles. The predicted molar refractivity (Wildman–Crippen MR) is 401 cm³/mol. The number of rotatable bonds is 63. The largest absolute Gasteiger partial charge is 0.394 e. The van der Waals surface area contributed by atoms with Gasteiger partial charge in [-0.1, -0.05) is 298 Å². The van der Waals surface area contributed by atoms with Crippen LogP contribution in [0.15, 0.2) is 85.1 Å². The van der Waals surface area contributed by atoms with Crippen molar-refractivity contribution in [1.29, 1.82) is 0 Å². The molecule has 101 heavy (non-hydrogen) atoms. The Labute approximate surface area is 610 Å². The zero-order chi connectivity index (χ0) is 73.2. The van der Waals surface area contributed by atoms with Gasteiger partial charge in [-0.25, -0.2) is 0 Å². The molecule has 12 N–H and O–H groups in total. The Balaban J connectivity index is 1.39. The van der Waals surface area contributed by atoms with Crippen molar-refractivity contribution < 1.29 is 89.4 Å². The number of carbonyl (C=O) groups is 1. The van der Waals surface area contributed by atoms with Gasteiger partial charge in [-0.3, -0.25) is 4.79 Å². The number of ether oxygens (including phenoxy) is 6. The number of aliphatic hydroxyl groups is 11. The Kier molecular flexibility index (Phi) is 56.6. The number of nitrogens with one attached hydrogen (secondary N) is 1. The number of allylic oxidation sites excluding steroid dienone is 13. The van der Waals surface area contributed by atoms with Crippen LogP contribution in [0.25, 0.3) is 0 Å². The van der Waals surface area contributed by atoms with Crippen molar-refractivity contribution in [3.8, 4) is 0 Å². The highest BCUT2D eigenvalue weighted by Crippen LogP contribution is 2.33. The third-order valence-electron chi connectivity index (χ3n) is 19.7. The molecular formula is C82H145NO18. The van der Waals surface area contributed by atoms with E-state index < -0.39 is 124 Å². The average Bonchev–Trinajstić information content (AvgIpc) is 0.782. The molecule has 0 aromatic carbocycles. The summed E-state index contributed by atoms with van der Waals surface area (Å²) in [5, 5.41) is 121. The van der Waals surface area contributed by atoms with Crippen molar-refractivity contribution >= 4 is 5.91 Å². The first kappa shape index (κ1) is 92.2. The molecule has 1 amide bonds. The molecule has 0 spiro atoms. The first-order valence-electron chi connectivity index (χ1n) is 40.3. The summed E-state index contributed by atoms with van der Waals surface area (Å²) in [6.07, 6.45) is 55.7. The molecule has 3 saturated heterocycles. The summed E-state index contributed by atoms with van der Waals surface area (Å²) in [4.78, 5) is 13.5. The highest BCUT2D eigenvalue weighted by Gasteiger charge is 2.54. The summed E-state index contributed by atoms with van der Waals surface area (Å²) in [6.45, 7) is 1.63. The molecule has 0 aromatic rings. The van der Waals surface area contributed by atoms with Gasteiger partial charge in [0, 0.05) is 6.42 Å². The lowest BCUT2D eigenvalue weighted by atomic mass is 9.96. The fourth-order valence-corrected chi connectivity index (χ4v) is 13.2. The second-order valence-electron chi connectivity index (χ2n) is 28.5. The molecule has 17 atom stereocenters. The van der Waals surface area contributed by atoms with E-state index in [0.29, 0.717) is 12.8 Å². The summed E-state index contributed by atoms with van der Waals surface area (Å²) in [5.41, 5.74) is 0. The Morgan fingerprint density at radius 3 is 1.11 bits per heavy atom. The summed E-state index contributed by atoms with van der Waals surface area (Å²) in [5.74, 6) is -0.292. The Hall–Kier alpha value is -3.03. The summed E-state index contributed by atoms with van der Waals surface area (Å²) in [7, 11) is 0. The lowest BCUT2D eigenvalue weighted by Gasteiger charge is -2.48. The maximum atomic E-state index is 13.5. The molecule has 0 aliphatic carbocycles. The molecule has 0 bridgehead atoms. The van der Waals surface area contributed by atoms with Crippen LogP contribution >= 0.6 is 0 Å². The van der Waals surface area contributed by atoms with Crippen LogP contribution in [0.1, 0.15) is 296 Å². The molecule has 17 unspecified atom stereocenters. The van der Waals surface area contributed by atoms with Crippen molar-refractivity contribution in [2.24, 2.45) is 0 Å². The van der Waals surface area contributed by atoms with Gasteiger partial charge in [0.05, 0.1) is 38.6 Å². The van der Waals surface area contributed by atoms with Gasteiger partial charge in [0.25, 0.3) is 0 Å². The van der Waals surface area contributed by atoms with Crippen LogP contribution in [0.2, 0.25) is 0 Å². The van der Waals surface area contributed by atoms with E-state index in [1.54, 1.807) is 6.08 Å². The Morgan fingerprint density at radius 2 is 0.693 bits per heavy atom. The maximum absolute atomic E-state index is 13.5. The lowest BCUT2D eigenvalue weighted by molar-refractivity contribution is -0.379. The van der Waals surface area contributed by atoms with Crippen molar-refractivity contribution in [2.45, 2.75) is 401 Å². The normalized spacial score (nSPS) is 26.8. The van der Waals surface area contributed by atoms with Gasteiger partial charge in [-0.05, 0) is 77.0 Å². The van der Waals surface area contributed by atoms with Crippen LogP contribution in [0, 0.1) is 0 Å². The summed E-state index contributed by atoms with van der Waals surface area (Å²) >= 11 is 0. The standard InChI is InChI=1S/C82H145NO18/c1-3-5-7-9-11-13-15-17-19-21-23-25-27-29-30-31-32-33-34-36-37-39-41-43-45-47-49-51-53-55-57-59-66(87)65(83-70(88)60-58-56-54-52-50-48-46-44-42-40-38-35-28-26-24-22-20-18-16-14-12-10-8-6-4-2)64-96-80-76(94)73(91)78(68(62-85)98-80)101-82-77(95)74(92)79(69(63-86)99-82)100-81-75(93)72(90)71(89)67(61-84)97-81/h6,8,12,14,18,20,24,26,35,38,49,51,57,59,65-69,71-82,84-87,89-95H,3-5,7,9-11,13,15-17,19,21-23,25,27-34,36-37,39-48,50,52-56,58,60-64H2,1-2H3,(H,83,88)/b8-6-,14-12-,20-18-,26-24-,38-35-,51-49+,59-57+. The quantitative estimate of drug-likeness (QED) is 0.0199. The van der Waals surface area contributed by atoms with Crippen LogP contribution in [-0.4, -0.2) is 193 Å². The second kappa shape index (κ2) is 62.1. The summed E-state index contributed by atoms with van der Waals surface area (Å²) < 4.78 is 34.4. The zero-order valence-electron chi connectivity index (χ0n) is 62.6. The molecule has 0 aromatic heterocycles. The predicted octanol–water partition coefficient (Wildman–Crippen LogP) is 13.4. The van der Waals surface area contributed by atoms with E-state index in [0.717, 1.165) is 83.5 Å². The molecule has 586 valence electrons. The van der Waals surface area contributed by atoms with Gasteiger partial charge in [-0.2, -0.15) is 0 Å². The van der Waals surface area contributed by atoms with E-state index in [4.69, 9.17) is 28.4 Å². The third kappa shape index (κ3) is 42.2. The molecule has 3 rings (SSSR count). The van der Waals surface area contributed by atoms with Gasteiger partial charge >= 0.3 is 0 Å². The highest BCUT2D eigenvalue weighted by atomic mass is 16.8. The van der Waals surface area contributed by atoms with Crippen LogP contribution in [-0.2, 0) is 33.2 Å². The molecule has 3 aliphatic heterocycles. The molecule has 3 heterocycles. The summed E-state index contributed by atoms with van der Waals surface area (Å²) in [6, 6.07) is -1.00. The highest BCUT2D eigenvalue weighted by molar-refractivity contribution is 5.76. The van der Waals surface area contributed by atoms with Crippen LogP contribution in [0.4, 0.5) is 0 Å². The minimum atomic E-state index is -1.99. The van der Waals surface area contributed by atoms with Gasteiger partial charge in [0.1, 0.15) is 73.2 Å². The molecule has 19 heteroatoms. The monoisotopic (exact) mass is 1430 g/mol. The van der Waals surface area contributed by atoms with Crippen molar-refractivity contribution in [3.05, 3.63) is 85.1 Å². The molecule has 3 aliphatic rings. The maximum Gasteiger partial charge on any atom is 0.220 e. The van der Waals surface area contributed by atoms with E-state index in [1.807, 2.05) is 6.08 Å². The topological polar surface area (TPSA) is 307 Å². The number of hydrogen-bond acceptors (Lipinski definition) is 18. The number of aliphatic hydroxyl groups excluding tert-OH is 11. The van der Waals surface area contributed by atoms with Crippen molar-refractivity contribution in [1.82, 2.24) is 5.32 Å². The van der Waals surface area contributed by atoms with Crippen LogP contribution in [0.5, 0.6) is 0 Å². The van der Waals surface area contributed by atoms with Gasteiger partial charge in [-0.15, -0.1) is 0 Å². The lowest BCUT2D eigenvalue weighted by Crippen LogP contribution is -2.66. The molecule has 3 fully saturated rings. The van der Waals surface area contributed by atoms with Crippen molar-refractivity contribution in [3.63, 3.8) is 0 Å².